The monoisotopic (exact) mass is 681 g/mol. The van der Waals surface area contributed by atoms with Crippen molar-refractivity contribution < 1.29 is 38.2 Å². The molecule has 1 unspecified atom stereocenters. The van der Waals surface area contributed by atoms with Crippen LogP contribution in [0, 0.1) is 11.3 Å². The highest BCUT2D eigenvalue weighted by Crippen LogP contribution is 2.46. The summed E-state index contributed by atoms with van der Waals surface area (Å²) >= 11 is 0. The number of hydrogen-bond acceptors (Lipinski definition) is 11. The summed E-state index contributed by atoms with van der Waals surface area (Å²) in [7, 11) is -4.48. The molecule has 14 heteroatoms. The summed E-state index contributed by atoms with van der Waals surface area (Å²) in [5.74, 6) is 0.150. The number of ether oxygens (including phenoxy) is 2. The van der Waals surface area contributed by atoms with Crippen molar-refractivity contribution in [1.29, 1.82) is 5.26 Å². The van der Waals surface area contributed by atoms with Gasteiger partial charge < -0.3 is 30.3 Å². The largest absolute Gasteiger partial charge is 0.472 e. The molecule has 1 fully saturated rings. The van der Waals surface area contributed by atoms with E-state index in [1.807, 2.05) is 6.07 Å². The normalized spacial score (nSPS) is 22.5. The third-order valence-electron chi connectivity index (χ3n) is 8.72. The highest BCUT2D eigenvalue weighted by molar-refractivity contribution is 7.47. The zero-order valence-corrected chi connectivity index (χ0v) is 28.9. The fraction of sp³-hybridized carbons (Fsp3) is 0.788. The molecule has 2 aromatic heterocycles. The van der Waals surface area contributed by atoms with E-state index in [1.54, 1.807) is 6.07 Å². The quantitative estimate of drug-likeness (QED) is 0.0674. The van der Waals surface area contributed by atoms with Gasteiger partial charge in [-0.2, -0.15) is 10.4 Å². The number of nitriles is 1. The predicted octanol–water partition coefficient (Wildman–Crippen LogP) is 5.95. The number of aliphatic hydroxyl groups excluding tert-OH is 2. The van der Waals surface area contributed by atoms with Gasteiger partial charge in [-0.05, 0) is 31.4 Å². The number of rotatable bonds is 26. The van der Waals surface area contributed by atoms with Gasteiger partial charge in [0.25, 0.3) is 0 Å². The molecule has 0 aromatic carbocycles. The minimum absolute atomic E-state index is 0.0216. The maximum atomic E-state index is 12.4. The van der Waals surface area contributed by atoms with Gasteiger partial charge in [-0.1, -0.05) is 96.8 Å². The first kappa shape index (κ1) is 39.3. The molecule has 0 bridgehead atoms. The standard InChI is InChI=1S/C33H56N5O8P/c1-2-3-4-5-6-7-8-9-10-11-12-13-14-15-16-21-43-22-17-18-23-44-47(41,42)45-24-28-30(39)31(40)33(25-34,46-28)29-20-19-27-32(35)36-26-37-38(27)29/h19-20,26,28,30-31,39-40H,2-18,21-24H2,1H3,(H,41,42)(H2,35,36,37)/t28-,30-,31-,33+/m1/s1. The summed E-state index contributed by atoms with van der Waals surface area (Å²) in [6.07, 6.45) is 17.6. The van der Waals surface area contributed by atoms with Crippen molar-refractivity contribution in [2.24, 2.45) is 0 Å². The Balaban J connectivity index is 1.19. The second kappa shape index (κ2) is 21.1. The average Bonchev–Trinajstić information content (AvgIpc) is 3.61. The predicted molar refractivity (Wildman–Crippen MR) is 178 cm³/mol. The van der Waals surface area contributed by atoms with E-state index in [0.29, 0.717) is 31.6 Å². The molecule has 0 saturated carbocycles. The number of phosphoric acid groups is 1. The Hall–Kier alpha value is -2.14. The molecule has 1 aliphatic rings. The van der Waals surface area contributed by atoms with Crippen LogP contribution in [0.5, 0.6) is 0 Å². The molecule has 2 aromatic rings. The van der Waals surface area contributed by atoms with E-state index in [1.165, 1.54) is 107 Å². The van der Waals surface area contributed by atoms with Crippen molar-refractivity contribution in [3.05, 3.63) is 24.2 Å². The van der Waals surface area contributed by atoms with Crippen molar-refractivity contribution in [2.75, 3.05) is 32.2 Å². The van der Waals surface area contributed by atoms with Gasteiger partial charge in [0, 0.05) is 13.2 Å². The Morgan fingerprint density at radius 2 is 1.47 bits per heavy atom. The van der Waals surface area contributed by atoms with Crippen molar-refractivity contribution >= 4 is 19.2 Å². The number of hydrogen-bond donors (Lipinski definition) is 4. The minimum Gasteiger partial charge on any atom is -0.387 e. The van der Waals surface area contributed by atoms with E-state index >= 15 is 0 Å². The zero-order valence-electron chi connectivity index (χ0n) is 28.0. The maximum Gasteiger partial charge on any atom is 0.472 e. The molecule has 3 heterocycles. The van der Waals surface area contributed by atoms with E-state index in [9.17, 15) is 24.9 Å². The lowest BCUT2D eigenvalue weighted by Gasteiger charge is -2.24. The van der Waals surface area contributed by atoms with Crippen LogP contribution >= 0.6 is 7.82 Å². The molecule has 1 aliphatic heterocycles. The molecule has 13 nitrogen and oxygen atoms in total. The number of phosphoric ester groups is 1. The second-order valence-electron chi connectivity index (χ2n) is 12.5. The van der Waals surface area contributed by atoms with Gasteiger partial charge in [0.2, 0.25) is 5.60 Å². The highest BCUT2D eigenvalue weighted by atomic mass is 31.2. The van der Waals surface area contributed by atoms with Crippen LogP contribution in [0.3, 0.4) is 0 Å². The van der Waals surface area contributed by atoms with Gasteiger partial charge in [-0.15, -0.1) is 0 Å². The Kier molecular flexibility index (Phi) is 17.6. The number of aliphatic hydroxyl groups is 2. The van der Waals surface area contributed by atoms with Crippen molar-refractivity contribution in [1.82, 2.24) is 14.6 Å². The molecule has 3 rings (SSSR count). The van der Waals surface area contributed by atoms with Crippen molar-refractivity contribution in [3.63, 3.8) is 0 Å². The van der Waals surface area contributed by atoms with Crippen LogP contribution in [0.25, 0.3) is 5.52 Å². The lowest BCUT2D eigenvalue weighted by molar-refractivity contribution is -0.0643. The fourth-order valence-corrected chi connectivity index (χ4v) is 6.69. The van der Waals surface area contributed by atoms with Crippen LogP contribution in [0.1, 0.15) is 122 Å². The second-order valence-corrected chi connectivity index (χ2v) is 13.9. The van der Waals surface area contributed by atoms with Crippen LogP contribution in [0.4, 0.5) is 5.82 Å². The Labute approximate surface area is 279 Å². The molecule has 0 amide bonds. The molecule has 0 aliphatic carbocycles. The third-order valence-corrected chi connectivity index (χ3v) is 9.70. The first-order valence-electron chi connectivity index (χ1n) is 17.5. The maximum absolute atomic E-state index is 12.4. The zero-order chi connectivity index (χ0) is 34.0. The minimum atomic E-state index is -4.48. The third kappa shape index (κ3) is 12.4. The van der Waals surface area contributed by atoms with Gasteiger partial charge in [0.05, 0.1) is 18.9 Å². The fourth-order valence-electron chi connectivity index (χ4n) is 5.92. The highest BCUT2D eigenvalue weighted by Gasteiger charge is 2.58. The van der Waals surface area contributed by atoms with Crippen LogP contribution in [-0.4, -0.2) is 74.4 Å². The molecular weight excluding hydrogens is 625 g/mol. The van der Waals surface area contributed by atoms with E-state index in [-0.39, 0.29) is 18.1 Å². The average molecular weight is 682 g/mol. The molecule has 0 radical (unpaired) electrons. The van der Waals surface area contributed by atoms with E-state index in [0.717, 1.165) is 6.42 Å². The molecule has 266 valence electrons. The number of nitrogens with zero attached hydrogens (tertiary/aromatic N) is 4. The SMILES string of the molecule is CCCCCCCCCCCCCCCCCOCCCCOP(=O)(O)OC[C@H]1O[C@@](C#N)(c2ccc3c(N)ncnn23)[C@H](O)[C@@H]1O. The van der Waals surface area contributed by atoms with Gasteiger partial charge >= 0.3 is 7.82 Å². The number of aromatic nitrogens is 3. The summed E-state index contributed by atoms with van der Waals surface area (Å²) in [5.41, 5.74) is 4.32. The molecule has 5 N–H and O–H groups in total. The molecule has 1 saturated heterocycles. The molecule has 47 heavy (non-hydrogen) atoms. The first-order valence-corrected chi connectivity index (χ1v) is 19.0. The summed E-state index contributed by atoms with van der Waals surface area (Å²) in [4.78, 5) is 14.0. The smallest absolute Gasteiger partial charge is 0.387 e. The topological polar surface area (TPSA) is 195 Å². The Morgan fingerprint density at radius 3 is 2.06 bits per heavy atom. The summed E-state index contributed by atoms with van der Waals surface area (Å²) in [6.45, 7) is 2.89. The number of fused-ring (bicyclic) bond motifs is 1. The van der Waals surface area contributed by atoms with Gasteiger partial charge in [-0.3, -0.25) is 9.05 Å². The Morgan fingerprint density at radius 1 is 0.915 bits per heavy atom. The Bertz CT molecular complexity index is 1260. The first-order chi connectivity index (χ1) is 22.8. The van der Waals surface area contributed by atoms with Crippen molar-refractivity contribution in [2.45, 2.75) is 140 Å². The lowest BCUT2D eigenvalue weighted by atomic mass is 9.92. The molecule has 5 atom stereocenters. The van der Waals surface area contributed by atoms with E-state index < -0.39 is 38.3 Å². The van der Waals surface area contributed by atoms with Crippen LogP contribution in [-0.2, 0) is 28.7 Å². The van der Waals surface area contributed by atoms with E-state index in [2.05, 4.69) is 17.0 Å². The lowest BCUT2D eigenvalue weighted by Crippen LogP contribution is -2.41. The van der Waals surface area contributed by atoms with Crippen LogP contribution in [0.15, 0.2) is 18.5 Å². The number of anilines is 1. The van der Waals surface area contributed by atoms with Crippen molar-refractivity contribution in [3.8, 4) is 6.07 Å². The van der Waals surface area contributed by atoms with E-state index in [4.69, 9.17) is 24.3 Å². The van der Waals surface area contributed by atoms with Crippen LogP contribution < -0.4 is 5.73 Å². The van der Waals surface area contributed by atoms with Gasteiger partial charge in [0.1, 0.15) is 36.2 Å². The number of nitrogens with two attached hydrogens (primary N) is 1. The summed E-state index contributed by atoms with van der Waals surface area (Å²) < 4.78 is 35.2. The molecular formula is C33H56N5O8P. The number of unbranched alkanes of at least 4 members (excludes halogenated alkanes) is 15. The number of nitrogen functional groups attached to an aromatic ring is 1. The molecule has 0 spiro atoms. The van der Waals surface area contributed by atoms with Gasteiger partial charge in [0.15, 0.2) is 5.82 Å². The summed E-state index contributed by atoms with van der Waals surface area (Å²) in [6, 6.07) is 4.94. The van der Waals surface area contributed by atoms with Gasteiger partial charge in [-0.25, -0.2) is 14.1 Å². The van der Waals surface area contributed by atoms with Crippen LogP contribution in [0.2, 0.25) is 0 Å². The summed E-state index contributed by atoms with van der Waals surface area (Å²) in [5, 5.41) is 35.4.